The van der Waals surface area contributed by atoms with Crippen LogP contribution in [-0.2, 0) is 0 Å². The molecule has 2 N–H and O–H groups in total. The van der Waals surface area contributed by atoms with E-state index in [1.54, 1.807) is 24.4 Å². The number of nitrogens with zero attached hydrogens (tertiary/aromatic N) is 2. The van der Waals surface area contributed by atoms with Gasteiger partial charge >= 0.3 is 0 Å². The molecule has 1 unspecified atom stereocenters. The van der Waals surface area contributed by atoms with Gasteiger partial charge in [0.1, 0.15) is 17.2 Å². The van der Waals surface area contributed by atoms with Crippen molar-refractivity contribution in [2.24, 2.45) is 11.7 Å². The van der Waals surface area contributed by atoms with Crippen LogP contribution in [0, 0.1) is 5.92 Å². The summed E-state index contributed by atoms with van der Waals surface area (Å²) in [5.74, 6) is 2.60. The number of halogens is 1. The zero-order valence-corrected chi connectivity index (χ0v) is 15.7. The van der Waals surface area contributed by atoms with E-state index in [9.17, 15) is 0 Å². The summed E-state index contributed by atoms with van der Waals surface area (Å²) in [4.78, 5) is 5.10. The SMILES string of the molecule is CC(N)c1cc(-c2cnc(Oc3ccc(OCC4CC4)cc3Cl)s2)no1. The highest BCUT2D eigenvalue weighted by Crippen LogP contribution is 2.37. The molecular weight excluding hydrogens is 374 g/mol. The molecule has 8 heteroatoms. The Balaban J connectivity index is 1.44. The molecule has 0 saturated heterocycles. The summed E-state index contributed by atoms with van der Waals surface area (Å²) >= 11 is 7.66. The Kier molecular flexibility index (Phi) is 4.84. The van der Waals surface area contributed by atoms with Crippen LogP contribution >= 0.6 is 22.9 Å². The molecule has 1 aliphatic rings. The summed E-state index contributed by atoms with van der Waals surface area (Å²) in [6.45, 7) is 2.58. The van der Waals surface area contributed by atoms with E-state index in [2.05, 4.69) is 10.1 Å². The van der Waals surface area contributed by atoms with Crippen molar-refractivity contribution >= 4 is 22.9 Å². The zero-order valence-electron chi connectivity index (χ0n) is 14.1. The van der Waals surface area contributed by atoms with E-state index in [4.69, 9.17) is 31.3 Å². The summed E-state index contributed by atoms with van der Waals surface area (Å²) in [7, 11) is 0. The first-order valence-electron chi connectivity index (χ1n) is 8.37. The van der Waals surface area contributed by atoms with Crippen LogP contribution in [0.3, 0.4) is 0 Å². The van der Waals surface area contributed by atoms with Crippen LogP contribution in [0.1, 0.15) is 31.6 Å². The van der Waals surface area contributed by atoms with E-state index in [0.29, 0.717) is 33.3 Å². The Morgan fingerprint density at radius 2 is 2.23 bits per heavy atom. The molecule has 26 heavy (non-hydrogen) atoms. The van der Waals surface area contributed by atoms with E-state index >= 15 is 0 Å². The monoisotopic (exact) mass is 391 g/mol. The lowest BCUT2D eigenvalue weighted by Crippen LogP contribution is -2.02. The third kappa shape index (κ3) is 4.00. The molecule has 1 fully saturated rings. The van der Waals surface area contributed by atoms with Gasteiger partial charge in [-0.1, -0.05) is 28.1 Å². The second-order valence-corrected chi connectivity index (χ2v) is 7.74. The molecule has 0 bridgehead atoms. The molecule has 0 radical (unpaired) electrons. The van der Waals surface area contributed by atoms with Crippen molar-refractivity contribution < 1.29 is 14.0 Å². The third-order valence-corrected chi connectivity index (χ3v) is 5.19. The van der Waals surface area contributed by atoms with Gasteiger partial charge in [0.2, 0.25) is 0 Å². The van der Waals surface area contributed by atoms with Gasteiger partial charge in [0.25, 0.3) is 5.19 Å². The lowest BCUT2D eigenvalue weighted by atomic mass is 10.2. The van der Waals surface area contributed by atoms with Crippen LogP contribution in [0.2, 0.25) is 5.02 Å². The summed E-state index contributed by atoms with van der Waals surface area (Å²) in [5.41, 5.74) is 6.47. The van der Waals surface area contributed by atoms with Gasteiger partial charge in [-0.05, 0) is 37.8 Å². The maximum Gasteiger partial charge on any atom is 0.279 e. The quantitative estimate of drug-likeness (QED) is 0.606. The van der Waals surface area contributed by atoms with Gasteiger partial charge in [0.05, 0.1) is 28.7 Å². The molecule has 2 aromatic heterocycles. The van der Waals surface area contributed by atoms with Gasteiger partial charge in [0, 0.05) is 12.1 Å². The second-order valence-electron chi connectivity index (χ2n) is 6.34. The van der Waals surface area contributed by atoms with Crippen molar-refractivity contribution in [1.82, 2.24) is 10.1 Å². The molecule has 1 aromatic carbocycles. The number of hydrogen-bond donors (Lipinski definition) is 1. The van der Waals surface area contributed by atoms with Gasteiger partial charge in [-0.3, -0.25) is 0 Å². The molecule has 1 saturated carbocycles. The van der Waals surface area contributed by atoms with Crippen LogP contribution in [0.15, 0.2) is 35.0 Å². The largest absolute Gasteiger partial charge is 0.493 e. The minimum Gasteiger partial charge on any atom is -0.493 e. The molecule has 1 atom stereocenters. The minimum absolute atomic E-state index is 0.209. The van der Waals surface area contributed by atoms with Crippen molar-refractivity contribution in [2.75, 3.05) is 6.61 Å². The third-order valence-electron chi connectivity index (χ3n) is 4.00. The topological polar surface area (TPSA) is 83.4 Å². The maximum absolute atomic E-state index is 6.30. The van der Waals surface area contributed by atoms with Gasteiger partial charge in [0.15, 0.2) is 5.76 Å². The standard InChI is InChI=1S/C18H18ClN3O3S/c1-10(20)16-7-14(22-25-16)17-8-21-18(26-17)24-15-5-4-12(6-13(15)19)23-9-11-2-3-11/h4-8,10-11H,2-3,9,20H2,1H3. The molecule has 1 aliphatic carbocycles. The predicted octanol–water partition coefficient (Wildman–Crippen LogP) is 5.05. The lowest BCUT2D eigenvalue weighted by Gasteiger charge is -2.08. The van der Waals surface area contributed by atoms with Crippen LogP contribution in [-0.4, -0.2) is 16.7 Å². The Hall–Kier alpha value is -2.09. The summed E-state index contributed by atoms with van der Waals surface area (Å²) < 4.78 is 16.7. The minimum atomic E-state index is -0.209. The molecule has 0 aliphatic heterocycles. The predicted molar refractivity (Wildman–Crippen MR) is 100.0 cm³/mol. The molecular formula is C18H18ClN3O3S. The first-order valence-corrected chi connectivity index (χ1v) is 9.56. The summed E-state index contributed by atoms with van der Waals surface area (Å²) in [5, 5.41) is 4.97. The van der Waals surface area contributed by atoms with E-state index in [1.807, 2.05) is 13.0 Å². The first-order chi connectivity index (χ1) is 12.6. The highest BCUT2D eigenvalue weighted by Gasteiger charge is 2.22. The van der Waals surface area contributed by atoms with Gasteiger partial charge < -0.3 is 19.7 Å². The normalized spacial score (nSPS) is 15.0. The average Bonchev–Trinajstić information content (AvgIpc) is 3.11. The van der Waals surface area contributed by atoms with Crippen LogP contribution in [0.4, 0.5) is 0 Å². The number of nitrogens with two attached hydrogens (primary N) is 1. The number of hydrogen-bond acceptors (Lipinski definition) is 7. The Morgan fingerprint density at radius 3 is 2.92 bits per heavy atom. The second kappa shape index (κ2) is 7.26. The van der Waals surface area contributed by atoms with E-state index in [-0.39, 0.29) is 6.04 Å². The fraction of sp³-hybridized carbons (Fsp3) is 0.333. The van der Waals surface area contributed by atoms with Crippen LogP contribution < -0.4 is 15.2 Å². The van der Waals surface area contributed by atoms with E-state index in [1.165, 1.54) is 24.2 Å². The highest BCUT2D eigenvalue weighted by molar-refractivity contribution is 7.16. The molecule has 6 nitrogen and oxygen atoms in total. The van der Waals surface area contributed by atoms with Crippen LogP contribution in [0.5, 0.6) is 16.7 Å². The molecule has 0 amide bonds. The Labute approximate surface area is 159 Å². The van der Waals surface area contributed by atoms with Crippen molar-refractivity contribution in [2.45, 2.75) is 25.8 Å². The van der Waals surface area contributed by atoms with Crippen molar-refractivity contribution in [1.29, 1.82) is 0 Å². The first kappa shape index (κ1) is 17.3. The maximum atomic E-state index is 6.30. The smallest absolute Gasteiger partial charge is 0.279 e. The molecule has 4 rings (SSSR count). The summed E-state index contributed by atoms with van der Waals surface area (Å²) in [6.07, 6.45) is 4.18. The average molecular weight is 392 g/mol. The number of thiazole rings is 1. The van der Waals surface area contributed by atoms with E-state index in [0.717, 1.165) is 17.2 Å². The van der Waals surface area contributed by atoms with Gasteiger partial charge in [-0.25, -0.2) is 4.98 Å². The molecule has 2 heterocycles. The number of rotatable bonds is 7. The molecule has 0 spiro atoms. The number of aromatic nitrogens is 2. The Morgan fingerprint density at radius 1 is 1.38 bits per heavy atom. The van der Waals surface area contributed by atoms with Crippen molar-refractivity contribution in [3.05, 3.63) is 41.2 Å². The molecule has 136 valence electrons. The number of ether oxygens (including phenoxy) is 2. The zero-order chi connectivity index (χ0) is 18.1. The van der Waals surface area contributed by atoms with Gasteiger partial charge in [-0.2, -0.15) is 0 Å². The highest BCUT2D eigenvalue weighted by atomic mass is 35.5. The van der Waals surface area contributed by atoms with Gasteiger partial charge in [-0.15, -0.1) is 0 Å². The van der Waals surface area contributed by atoms with Crippen molar-refractivity contribution in [3.63, 3.8) is 0 Å². The van der Waals surface area contributed by atoms with Crippen molar-refractivity contribution in [3.8, 4) is 27.3 Å². The Bertz CT molecular complexity index is 905. The fourth-order valence-corrected chi connectivity index (χ4v) is 3.23. The fourth-order valence-electron chi connectivity index (χ4n) is 2.29. The molecule has 3 aromatic rings. The number of benzene rings is 1. The van der Waals surface area contributed by atoms with Crippen LogP contribution in [0.25, 0.3) is 10.6 Å². The lowest BCUT2D eigenvalue weighted by molar-refractivity contribution is 0.299. The summed E-state index contributed by atoms with van der Waals surface area (Å²) in [6, 6.07) is 7.00. The van der Waals surface area contributed by atoms with E-state index < -0.39 is 0 Å².